The number of para-hydroxylation sites is 1. The molecule has 1 amide bonds. The van der Waals surface area contributed by atoms with Crippen molar-refractivity contribution in [3.05, 3.63) is 78.2 Å². The fourth-order valence-electron chi connectivity index (χ4n) is 3.37. The van der Waals surface area contributed by atoms with Crippen LogP contribution < -0.4 is 15.4 Å². The van der Waals surface area contributed by atoms with Crippen LogP contribution >= 0.6 is 0 Å². The highest BCUT2D eigenvalue weighted by Gasteiger charge is 2.12. The summed E-state index contributed by atoms with van der Waals surface area (Å²) in [5, 5.41) is 11.6. The minimum absolute atomic E-state index is 0.188. The Balaban J connectivity index is 1.37. The van der Waals surface area contributed by atoms with Crippen molar-refractivity contribution >= 4 is 22.8 Å². The molecule has 158 valence electrons. The summed E-state index contributed by atoms with van der Waals surface area (Å²) in [7, 11) is 1.55. The van der Waals surface area contributed by atoms with Crippen LogP contribution in [0.1, 0.15) is 15.9 Å². The van der Waals surface area contributed by atoms with Gasteiger partial charge in [-0.05, 0) is 24.1 Å². The van der Waals surface area contributed by atoms with Crippen LogP contribution in [0.25, 0.3) is 11.0 Å². The van der Waals surface area contributed by atoms with Crippen LogP contribution in [0.5, 0.6) is 5.75 Å². The molecule has 0 aliphatic heterocycles. The largest absolute Gasteiger partial charge is 0.496 e. The number of hydrogen-bond donors (Lipinski definition) is 2. The third-order valence-electron chi connectivity index (χ3n) is 4.94. The zero-order chi connectivity index (χ0) is 21.5. The number of benzene rings is 2. The molecule has 31 heavy (non-hydrogen) atoms. The molecular weight excluding hydrogens is 392 g/mol. The fourth-order valence-corrected chi connectivity index (χ4v) is 3.37. The van der Waals surface area contributed by atoms with E-state index in [1.807, 2.05) is 30.3 Å². The second kappa shape index (κ2) is 9.71. The number of anilines is 1. The molecule has 0 aliphatic carbocycles. The number of aromatic nitrogens is 4. The maximum Gasteiger partial charge on any atom is 0.255 e. The molecule has 4 aromatic rings. The summed E-state index contributed by atoms with van der Waals surface area (Å²) in [6.07, 6.45) is 4.18. The van der Waals surface area contributed by atoms with Crippen molar-refractivity contribution in [2.24, 2.45) is 0 Å². The van der Waals surface area contributed by atoms with Gasteiger partial charge in [-0.2, -0.15) is 5.10 Å². The lowest BCUT2D eigenvalue weighted by molar-refractivity contribution is 0.0949. The van der Waals surface area contributed by atoms with Crippen LogP contribution in [-0.2, 0) is 13.0 Å². The fraction of sp³-hybridized carbons (Fsp3) is 0.217. The van der Waals surface area contributed by atoms with Crippen molar-refractivity contribution in [1.29, 1.82) is 0 Å². The van der Waals surface area contributed by atoms with Crippen LogP contribution in [0.2, 0.25) is 0 Å². The number of methoxy groups -OCH3 is 1. The molecule has 0 atom stereocenters. The summed E-state index contributed by atoms with van der Waals surface area (Å²) in [6, 6.07) is 17.4. The molecule has 0 aliphatic rings. The van der Waals surface area contributed by atoms with E-state index in [1.54, 1.807) is 30.1 Å². The molecule has 2 heterocycles. The highest BCUT2D eigenvalue weighted by atomic mass is 16.5. The van der Waals surface area contributed by atoms with E-state index in [4.69, 9.17) is 4.74 Å². The standard InChI is InChI=1S/C23H24N6O2/c1-31-20-10-6-5-9-18(20)23(30)25-13-14-29-22-19(15-28-29)21(26-16-27-22)24-12-11-17-7-3-2-4-8-17/h2-10,15-16H,11-14H2,1H3,(H,25,30)(H,24,26,27). The van der Waals surface area contributed by atoms with Gasteiger partial charge in [0.05, 0.1) is 30.8 Å². The first-order chi connectivity index (χ1) is 15.3. The molecule has 8 heteroatoms. The van der Waals surface area contributed by atoms with Gasteiger partial charge in [0, 0.05) is 13.1 Å². The summed E-state index contributed by atoms with van der Waals surface area (Å²) in [4.78, 5) is 21.2. The van der Waals surface area contributed by atoms with Crippen molar-refractivity contribution < 1.29 is 9.53 Å². The molecule has 0 unspecified atom stereocenters. The van der Waals surface area contributed by atoms with E-state index in [9.17, 15) is 4.79 Å². The van der Waals surface area contributed by atoms with Crippen LogP contribution in [0.3, 0.4) is 0 Å². The van der Waals surface area contributed by atoms with E-state index in [1.165, 1.54) is 11.9 Å². The number of amides is 1. The summed E-state index contributed by atoms with van der Waals surface area (Å²) in [6.45, 7) is 1.66. The Morgan fingerprint density at radius 1 is 1.03 bits per heavy atom. The number of rotatable bonds is 9. The third-order valence-corrected chi connectivity index (χ3v) is 4.94. The lowest BCUT2D eigenvalue weighted by Gasteiger charge is -2.09. The molecule has 0 saturated heterocycles. The average molecular weight is 416 g/mol. The highest BCUT2D eigenvalue weighted by molar-refractivity contribution is 5.96. The van der Waals surface area contributed by atoms with Gasteiger partial charge in [-0.1, -0.05) is 42.5 Å². The number of nitrogens with zero attached hydrogens (tertiary/aromatic N) is 4. The molecule has 0 fully saturated rings. The predicted octanol–water partition coefficient (Wildman–Crippen LogP) is 2.92. The Hall–Kier alpha value is -3.94. The smallest absolute Gasteiger partial charge is 0.255 e. The van der Waals surface area contributed by atoms with Crippen molar-refractivity contribution in [1.82, 2.24) is 25.1 Å². The number of nitrogens with one attached hydrogen (secondary N) is 2. The number of ether oxygens (including phenoxy) is 1. The molecular formula is C23H24N6O2. The highest BCUT2D eigenvalue weighted by Crippen LogP contribution is 2.19. The monoisotopic (exact) mass is 416 g/mol. The second-order valence-corrected chi connectivity index (χ2v) is 6.95. The number of carbonyl (C=O) groups excluding carboxylic acids is 1. The first-order valence-electron chi connectivity index (χ1n) is 10.1. The maximum absolute atomic E-state index is 12.4. The van der Waals surface area contributed by atoms with E-state index in [0.717, 1.165) is 29.8 Å². The lowest BCUT2D eigenvalue weighted by atomic mass is 10.1. The Bertz CT molecular complexity index is 1160. The molecule has 4 rings (SSSR count). The molecule has 0 spiro atoms. The molecule has 2 N–H and O–H groups in total. The van der Waals surface area contributed by atoms with Crippen LogP contribution in [0.15, 0.2) is 67.1 Å². The molecule has 0 saturated carbocycles. The van der Waals surface area contributed by atoms with Crippen LogP contribution in [-0.4, -0.2) is 45.9 Å². The molecule has 2 aromatic heterocycles. The van der Waals surface area contributed by atoms with Crippen molar-refractivity contribution in [2.45, 2.75) is 13.0 Å². The third kappa shape index (κ3) is 4.80. The first-order valence-corrected chi connectivity index (χ1v) is 10.1. The number of carbonyl (C=O) groups is 1. The normalized spacial score (nSPS) is 10.7. The van der Waals surface area contributed by atoms with E-state index in [2.05, 4.69) is 37.8 Å². The minimum atomic E-state index is -0.188. The van der Waals surface area contributed by atoms with Crippen molar-refractivity contribution in [3.8, 4) is 5.75 Å². The summed E-state index contributed by atoms with van der Waals surface area (Å²) >= 11 is 0. The number of fused-ring (bicyclic) bond motifs is 1. The lowest BCUT2D eigenvalue weighted by Crippen LogP contribution is -2.27. The van der Waals surface area contributed by atoms with Gasteiger partial charge in [0.1, 0.15) is 17.9 Å². The van der Waals surface area contributed by atoms with Gasteiger partial charge in [-0.3, -0.25) is 4.79 Å². The van der Waals surface area contributed by atoms with Crippen LogP contribution in [0.4, 0.5) is 5.82 Å². The molecule has 0 radical (unpaired) electrons. The van der Waals surface area contributed by atoms with Gasteiger partial charge in [-0.15, -0.1) is 0 Å². The predicted molar refractivity (Wildman–Crippen MR) is 119 cm³/mol. The van der Waals surface area contributed by atoms with Crippen LogP contribution in [0, 0.1) is 0 Å². The van der Waals surface area contributed by atoms with Gasteiger partial charge in [0.2, 0.25) is 0 Å². The van der Waals surface area contributed by atoms with Gasteiger partial charge >= 0.3 is 0 Å². The van der Waals surface area contributed by atoms with E-state index in [0.29, 0.717) is 24.4 Å². The van der Waals surface area contributed by atoms with Crippen molar-refractivity contribution in [2.75, 3.05) is 25.5 Å². The maximum atomic E-state index is 12.4. The SMILES string of the molecule is COc1ccccc1C(=O)NCCn1ncc2c(NCCc3ccccc3)ncnc21. The minimum Gasteiger partial charge on any atom is -0.496 e. The summed E-state index contributed by atoms with van der Waals surface area (Å²) < 4.78 is 7.01. The Kier molecular flexibility index (Phi) is 6.37. The zero-order valence-electron chi connectivity index (χ0n) is 17.3. The molecule has 0 bridgehead atoms. The Labute approximate surface area is 180 Å². The average Bonchev–Trinajstić information content (AvgIpc) is 3.23. The Morgan fingerprint density at radius 2 is 1.84 bits per heavy atom. The second-order valence-electron chi connectivity index (χ2n) is 6.95. The molecule has 2 aromatic carbocycles. The summed E-state index contributed by atoms with van der Waals surface area (Å²) in [5.41, 5.74) is 2.49. The quantitative estimate of drug-likeness (QED) is 0.436. The van der Waals surface area contributed by atoms with Gasteiger partial charge in [-0.25, -0.2) is 14.6 Å². The molecule has 8 nitrogen and oxygen atoms in total. The van der Waals surface area contributed by atoms with Gasteiger partial charge in [0.25, 0.3) is 5.91 Å². The van der Waals surface area contributed by atoms with E-state index >= 15 is 0 Å². The Morgan fingerprint density at radius 3 is 2.68 bits per heavy atom. The topological polar surface area (TPSA) is 94.0 Å². The van der Waals surface area contributed by atoms with E-state index in [-0.39, 0.29) is 5.91 Å². The summed E-state index contributed by atoms with van der Waals surface area (Å²) in [5.74, 6) is 1.11. The van der Waals surface area contributed by atoms with Gasteiger partial charge in [0.15, 0.2) is 5.65 Å². The zero-order valence-corrected chi connectivity index (χ0v) is 17.3. The van der Waals surface area contributed by atoms with Gasteiger partial charge < -0.3 is 15.4 Å². The number of hydrogen-bond acceptors (Lipinski definition) is 6. The first kappa shape index (κ1) is 20.3. The van der Waals surface area contributed by atoms with E-state index < -0.39 is 0 Å². The van der Waals surface area contributed by atoms with Crippen molar-refractivity contribution in [3.63, 3.8) is 0 Å².